The van der Waals surface area contributed by atoms with Crippen LogP contribution < -0.4 is 15.5 Å². The highest BCUT2D eigenvalue weighted by Gasteiger charge is 2.35. The summed E-state index contributed by atoms with van der Waals surface area (Å²) in [6, 6.07) is 7.16. The summed E-state index contributed by atoms with van der Waals surface area (Å²) >= 11 is 1.18. The second kappa shape index (κ2) is 9.76. The number of benzene rings is 1. The quantitative estimate of drug-likeness (QED) is 0.438. The normalized spacial score (nSPS) is 17.6. The van der Waals surface area contributed by atoms with Crippen LogP contribution in [0.2, 0.25) is 0 Å². The molecular formula is C27H29N5O5S2. The Bertz CT molecular complexity index is 1610. The van der Waals surface area contributed by atoms with E-state index in [4.69, 9.17) is 0 Å². The van der Waals surface area contributed by atoms with Crippen molar-refractivity contribution in [2.24, 2.45) is 0 Å². The summed E-state index contributed by atoms with van der Waals surface area (Å²) in [7, 11) is -3.55. The molecule has 1 aromatic carbocycles. The van der Waals surface area contributed by atoms with Crippen LogP contribution in [0.3, 0.4) is 0 Å². The molecule has 1 fully saturated rings. The molecule has 12 heteroatoms. The molecule has 1 unspecified atom stereocenters. The van der Waals surface area contributed by atoms with Crippen molar-refractivity contribution in [2.45, 2.75) is 49.3 Å². The Balaban J connectivity index is 1.46. The Morgan fingerprint density at radius 1 is 1.21 bits per heavy atom. The SMILES string of the molecule is C=CC(=O)N1CCCC(NC(=O)c2sc3nccc4c3c2NC(=O)N4c2ccc(S(=O)(=O)C(C)(C)C)cc2)C1. The monoisotopic (exact) mass is 567 g/mol. The molecule has 0 aliphatic carbocycles. The van der Waals surface area contributed by atoms with E-state index in [-0.39, 0.29) is 22.8 Å². The third-order valence-electron chi connectivity index (χ3n) is 6.91. The van der Waals surface area contributed by atoms with E-state index < -0.39 is 20.6 Å². The molecule has 2 N–H and O–H groups in total. The molecule has 2 aromatic heterocycles. The lowest BCUT2D eigenvalue weighted by Gasteiger charge is -2.32. The van der Waals surface area contributed by atoms with E-state index in [0.29, 0.717) is 45.2 Å². The smallest absolute Gasteiger partial charge is 0.331 e. The maximum atomic E-state index is 13.3. The summed E-state index contributed by atoms with van der Waals surface area (Å²) in [6.07, 6.45) is 4.34. The van der Waals surface area contributed by atoms with Crippen molar-refractivity contribution >= 4 is 66.3 Å². The number of pyridine rings is 1. The zero-order valence-corrected chi connectivity index (χ0v) is 23.5. The molecule has 4 heterocycles. The van der Waals surface area contributed by atoms with Crippen LogP contribution in [-0.4, -0.2) is 60.0 Å². The van der Waals surface area contributed by atoms with E-state index >= 15 is 0 Å². The summed E-state index contributed by atoms with van der Waals surface area (Å²) in [5.74, 6) is -0.515. The van der Waals surface area contributed by atoms with Gasteiger partial charge in [0.1, 0.15) is 9.71 Å². The molecule has 1 saturated heterocycles. The van der Waals surface area contributed by atoms with Gasteiger partial charge in [-0.05, 0) is 70.0 Å². The standard InChI is InChI=1S/C27H29N5O5S2/c1-5-20(33)31-14-6-7-16(15-31)29-24(34)23-22-21-19(12-13-28-25(21)38-23)32(26(35)30-22)17-8-10-18(11-9-17)39(36,37)27(2,3)4/h5,8-13,16H,1,6-7,14-15H2,2-4H3,(H,29,34)(H,30,35). The van der Waals surface area contributed by atoms with Gasteiger partial charge >= 0.3 is 6.03 Å². The molecule has 39 heavy (non-hydrogen) atoms. The highest BCUT2D eigenvalue weighted by molar-refractivity contribution is 7.92. The zero-order valence-electron chi connectivity index (χ0n) is 21.9. The molecule has 2 aliphatic rings. The molecule has 5 rings (SSSR count). The van der Waals surface area contributed by atoms with Crippen LogP contribution in [-0.2, 0) is 14.6 Å². The number of hydrogen-bond donors (Lipinski definition) is 2. The van der Waals surface area contributed by atoms with E-state index in [2.05, 4.69) is 22.2 Å². The number of piperidine rings is 1. The van der Waals surface area contributed by atoms with E-state index in [9.17, 15) is 22.8 Å². The van der Waals surface area contributed by atoms with Crippen molar-refractivity contribution < 1.29 is 22.8 Å². The average Bonchev–Trinajstić information content (AvgIpc) is 3.27. The van der Waals surface area contributed by atoms with Crippen molar-refractivity contribution in [1.82, 2.24) is 15.2 Å². The second-order valence-electron chi connectivity index (χ2n) is 10.5. The molecule has 0 spiro atoms. The fourth-order valence-electron chi connectivity index (χ4n) is 4.80. The Morgan fingerprint density at radius 2 is 1.92 bits per heavy atom. The van der Waals surface area contributed by atoms with E-state index in [1.54, 1.807) is 50.1 Å². The van der Waals surface area contributed by atoms with E-state index in [0.717, 1.165) is 12.8 Å². The fraction of sp³-hybridized carbons (Fsp3) is 0.333. The van der Waals surface area contributed by atoms with Crippen molar-refractivity contribution in [3.63, 3.8) is 0 Å². The van der Waals surface area contributed by atoms with Crippen LogP contribution in [0.4, 0.5) is 21.9 Å². The minimum Gasteiger partial charge on any atom is -0.347 e. The Labute approximate surface area is 230 Å². The molecule has 3 aromatic rings. The van der Waals surface area contributed by atoms with Gasteiger partial charge in [-0.3, -0.25) is 14.5 Å². The highest BCUT2D eigenvalue weighted by Crippen LogP contribution is 2.45. The minimum absolute atomic E-state index is 0.169. The first kappa shape index (κ1) is 26.8. The molecule has 2 aliphatic heterocycles. The van der Waals surface area contributed by atoms with Crippen LogP contribution in [0.5, 0.6) is 0 Å². The molecule has 4 amide bonds. The molecule has 1 atom stereocenters. The highest BCUT2D eigenvalue weighted by atomic mass is 32.2. The summed E-state index contributed by atoms with van der Waals surface area (Å²) < 4.78 is 24.7. The number of nitrogens with zero attached hydrogens (tertiary/aromatic N) is 3. The summed E-state index contributed by atoms with van der Waals surface area (Å²) in [5, 5.41) is 6.48. The number of aromatic nitrogens is 1. The van der Waals surface area contributed by atoms with Gasteiger partial charge < -0.3 is 15.5 Å². The van der Waals surface area contributed by atoms with Gasteiger partial charge in [0.15, 0.2) is 9.84 Å². The van der Waals surface area contributed by atoms with E-state index in [1.807, 2.05) is 0 Å². The topological polar surface area (TPSA) is 129 Å². The number of likely N-dealkylation sites (tertiary alicyclic amines) is 1. The first-order valence-corrected chi connectivity index (χ1v) is 14.8. The predicted molar refractivity (Wildman–Crippen MR) is 151 cm³/mol. The van der Waals surface area contributed by atoms with Crippen LogP contribution in [0.1, 0.15) is 43.3 Å². The number of thiophene rings is 1. The molecule has 204 valence electrons. The maximum absolute atomic E-state index is 13.3. The Morgan fingerprint density at radius 3 is 2.59 bits per heavy atom. The number of carbonyl (C=O) groups excluding carboxylic acids is 3. The minimum atomic E-state index is -3.55. The van der Waals surface area contributed by atoms with Gasteiger partial charge in [0.05, 0.1) is 32.1 Å². The number of carbonyl (C=O) groups is 3. The maximum Gasteiger partial charge on any atom is 0.331 e. The first-order chi connectivity index (χ1) is 18.4. The van der Waals surface area contributed by atoms with Crippen molar-refractivity contribution in [1.29, 1.82) is 0 Å². The van der Waals surface area contributed by atoms with Gasteiger partial charge in [-0.1, -0.05) is 6.58 Å². The molecule has 0 radical (unpaired) electrons. The number of nitrogens with one attached hydrogen (secondary N) is 2. The third kappa shape index (κ3) is 4.67. The third-order valence-corrected chi connectivity index (χ3v) is 10.5. The van der Waals surface area contributed by atoms with Gasteiger partial charge in [0.2, 0.25) is 5.91 Å². The molecule has 0 saturated carbocycles. The van der Waals surface area contributed by atoms with Crippen LogP contribution in [0, 0.1) is 0 Å². The predicted octanol–water partition coefficient (Wildman–Crippen LogP) is 4.46. The molecule has 10 nitrogen and oxygen atoms in total. The molecular weight excluding hydrogens is 538 g/mol. The molecule has 0 bridgehead atoms. The first-order valence-electron chi connectivity index (χ1n) is 12.5. The van der Waals surface area contributed by atoms with Gasteiger partial charge in [0, 0.05) is 25.3 Å². The lowest BCUT2D eigenvalue weighted by atomic mass is 10.1. The van der Waals surface area contributed by atoms with Gasteiger partial charge in [0.25, 0.3) is 5.91 Å². The summed E-state index contributed by atoms with van der Waals surface area (Å²) in [6.45, 7) is 9.46. The lowest BCUT2D eigenvalue weighted by molar-refractivity contribution is -0.127. The summed E-state index contributed by atoms with van der Waals surface area (Å²) in [5.41, 5.74) is 1.41. The number of urea groups is 1. The number of hydrogen-bond acceptors (Lipinski definition) is 7. The van der Waals surface area contributed by atoms with Crippen LogP contribution in [0.15, 0.2) is 54.1 Å². The largest absolute Gasteiger partial charge is 0.347 e. The van der Waals surface area contributed by atoms with E-state index in [1.165, 1.54) is 34.4 Å². The number of amides is 4. The fourth-order valence-corrected chi connectivity index (χ4v) is 7.03. The van der Waals surface area contributed by atoms with Crippen molar-refractivity contribution in [2.75, 3.05) is 23.3 Å². The zero-order chi connectivity index (χ0) is 28.1. The average molecular weight is 568 g/mol. The number of anilines is 3. The van der Waals surface area contributed by atoms with Crippen molar-refractivity contribution in [3.8, 4) is 0 Å². The second-order valence-corrected chi connectivity index (χ2v) is 14.2. The van der Waals surface area contributed by atoms with Gasteiger partial charge in [-0.2, -0.15) is 0 Å². The van der Waals surface area contributed by atoms with Crippen molar-refractivity contribution in [3.05, 3.63) is 54.1 Å². The van der Waals surface area contributed by atoms with Crippen LogP contribution >= 0.6 is 11.3 Å². The Hall–Kier alpha value is -3.77. The lowest BCUT2D eigenvalue weighted by Crippen LogP contribution is -2.49. The van der Waals surface area contributed by atoms with Gasteiger partial charge in [-0.25, -0.2) is 18.2 Å². The number of rotatable bonds is 5. The summed E-state index contributed by atoms with van der Waals surface area (Å²) in [4.78, 5) is 47.3. The van der Waals surface area contributed by atoms with Gasteiger partial charge in [-0.15, -0.1) is 11.3 Å². The number of sulfone groups is 1. The Kier molecular flexibility index (Phi) is 6.71. The van der Waals surface area contributed by atoms with Crippen LogP contribution in [0.25, 0.3) is 10.2 Å².